The molecule has 1 fully saturated rings. The molecule has 0 aromatic heterocycles. The molecule has 0 spiro atoms. The molecule has 1 aliphatic heterocycles. The maximum Gasteiger partial charge on any atom is 0.314 e. The topological polar surface area (TPSA) is 55.8 Å². The number of carboxylic acids is 1. The molecule has 0 unspecified atom stereocenters. The fourth-order valence-electron chi connectivity index (χ4n) is 3.83. The first-order chi connectivity index (χ1) is 14.2. The van der Waals surface area contributed by atoms with E-state index in [2.05, 4.69) is 0 Å². The highest BCUT2D eigenvalue weighted by Gasteiger charge is 2.41. The third-order valence-corrected chi connectivity index (χ3v) is 5.61. The first-order valence-electron chi connectivity index (χ1n) is 9.86. The Morgan fingerprint density at radius 2 is 1.62 bits per heavy atom. The van der Waals surface area contributed by atoms with Crippen molar-refractivity contribution in [3.8, 4) is 16.9 Å². The van der Waals surface area contributed by atoms with Crippen LogP contribution in [0.2, 0.25) is 0 Å². The van der Waals surface area contributed by atoms with Crippen LogP contribution >= 0.6 is 0 Å². The zero-order chi connectivity index (χ0) is 20.1. The quantitative estimate of drug-likeness (QED) is 0.641. The second-order valence-corrected chi connectivity index (χ2v) is 7.38. The van der Waals surface area contributed by atoms with E-state index in [-0.39, 0.29) is 0 Å². The van der Waals surface area contributed by atoms with Gasteiger partial charge in [-0.2, -0.15) is 0 Å². The lowest BCUT2D eigenvalue weighted by Gasteiger charge is -2.33. The van der Waals surface area contributed by atoms with Crippen LogP contribution in [-0.4, -0.2) is 24.3 Å². The zero-order valence-corrected chi connectivity index (χ0v) is 16.2. The third-order valence-electron chi connectivity index (χ3n) is 5.61. The lowest BCUT2D eigenvalue weighted by Crippen LogP contribution is -2.41. The SMILES string of the molecule is O=C(O)C1(c2ccc(-c3cccc(OCc4ccccc4)c3)cc2)CCOCC1. The second-order valence-electron chi connectivity index (χ2n) is 7.38. The number of benzene rings is 3. The molecule has 1 saturated heterocycles. The van der Waals surface area contributed by atoms with E-state index in [9.17, 15) is 9.90 Å². The van der Waals surface area contributed by atoms with Gasteiger partial charge < -0.3 is 14.6 Å². The number of ether oxygens (including phenoxy) is 2. The molecule has 148 valence electrons. The summed E-state index contributed by atoms with van der Waals surface area (Å²) in [5.41, 5.74) is 3.19. The minimum absolute atomic E-state index is 0.481. The highest BCUT2D eigenvalue weighted by molar-refractivity contribution is 5.82. The summed E-state index contributed by atoms with van der Waals surface area (Å²) in [6.45, 7) is 1.48. The molecule has 1 aliphatic rings. The van der Waals surface area contributed by atoms with Crippen molar-refractivity contribution in [3.63, 3.8) is 0 Å². The van der Waals surface area contributed by atoms with Crippen LogP contribution in [0.5, 0.6) is 5.75 Å². The van der Waals surface area contributed by atoms with Gasteiger partial charge in [0.05, 0.1) is 5.41 Å². The lowest BCUT2D eigenvalue weighted by molar-refractivity contribution is -0.147. The number of rotatable bonds is 6. The average Bonchev–Trinajstić information content (AvgIpc) is 2.79. The largest absolute Gasteiger partial charge is 0.489 e. The van der Waals surface area contributed by atoms with E-state index in [1.165, 1.54) is 0 Å². The highest BCUT2D eigenvalue weighted by Crippen LogP contribution is 2.36. The van der Waals surface area contributed by atoms with Crippen molar-refractivity contribution in [2.45, 2.75) is 24.9 Å². The molecule has 4 nitrogen and oxygen atoms in total. The van der Waals surface area contributed by atoms with E-state index in [1.807, 2.05) is 78.9 Å². The molecule has 1 N–H and O–H groups in total. The molecule has 1 heterocycles. The van der Waals surface area contributed by atoms with Gasteiger partial charge in [0.25, 0.3) is 0 Å². The van der Waals surface area contributed by atoms with Crippen molar-refractivity contribution >= 4 is 5.97 Å². The van der Waals surface area contributed by atoms with E-state index in [0.717, 1.165) is 28.0 Å². The zero-order valence-electron chi connectivity index (χ0n) is 16.2. The Morgan fingerprint density at radius 3 is 2.31 bits per heavy atom. The lowest BCUT2D eigenvalue weighted by atomic mass is 9.74. The summed E-state index contributed by atoms with van der Waals surface area (Å²) in [7, 11) is 0. The summed E-state index contributed by atoms with van der Waals surface area (Å²) in [5.74, 6) is 0.0340. The van der Waals surface area contributed by atoms with Crippen molar-refractivity contribution in [1.82, 2.24) is 0 Å². The summed E-state index contributed by atoms with van der Waals surface area (Å²) < 4.78 is 11.3. The molecular formula is C25H24O4. The predicted molar refractivity (Wildman–Crippen MR) is 112 cm³/mol. The smallest absolute Gasteiger partial charge is 0.314 e. The van der Waals surface area contributed by atoms with E-state index < -0.39 is 11.4 Å². The van der Waals surface area contributed by atoms with E-state index >= 15 is 0 Å². The summed E-state index contributed by atoms with van der Waals surface area (Å²) in [4.78, 5) is 12.0. The molecule has 4 heteroatoms. The Labute approximate surface area is 170 Å². The minimum atomic E-state index is -0.850. The normalized spacial score (nSPS) is 15.6. The highest BCUT2D eigenvalue weighted by atomic mass is 16.5. The Kier molecular flexibility index (Phi) is 5.63. The van der Waals surface area contributed by atoms with Gasteiger partial charge in [0.1, 0.15) is 12.4 Å². The van der Waals surface area contributed by atoms with Gasteiger partial charge in [-0.3, -0.25) is 4.79 Å². The number of carboxylic acid groups (broad SMARTS) is 1. The van der Waals surface area contributed by atoms with Crippen molar-refractivity contribution in [2.75, 3.05) is 13.2 Å². The van der Waals surface area contributed by atoms with Crippen molar-refractivity contribution in [3.05, 3.63) is 90.0 Å². The molecule has 0 aliphatic carbocycles. The summed E-state index contributed by atoms with van der Waals surface area (Å²) >= 11 is 0. The third kappa shape index (κ3) is 4.17. The molecule has 0 amide bonds. The van der Waals surface area contributed by atoms with Gasteiger partial charge >= 0.3 is 5.97 Å². The number of aliphatic carboxylic acids is 1. The summed E-state index contributed by atoms with van der Waals surface area (Å²) in [5, 5.41) is 9.85. The van der Waals surface area contributed by atoms with Crippen molar-refractivity contribution in [2.24, 2.45) is 0 Å². The Balaban J connectivity index is 1.52. The first-order valence-corrected chi connectivity index (χ1v) is 9.86. The number of carbonyl (C=O) groups is 1. The van der Waals surface area contributed by atoms with Gasteiger partial charge in [0.2, 0.25) is 0 Å². The molecule has 0 bridgehead atoms. The van der Waals surface area contributed by atoms with Gasteiger partial charge in [-0.05, 0) is 47.2 Å². The van der Waals surface area contributed by atoms with Crippen LogP contribution in [0, 0.1) is 0 Å². The molecule has 3 aromatic rings. The average molecular weight is 388 g/mol. The number of hydrogen-bond donors (Lipinski definition) is 1. The fourth-order valence-corrected chi connectivity index (χ4v) is 3.83. The van der Waals surface area contributed by atoms with Crippen molar-refractivity contribution < 1.29 is 19.4 Å². The van der Waals surface area contributed by atoms with Crippen LogP contribution in [-0.2, 0) is 21.6 Å². The molecular weight excluding hydrogens is 364 g/mol. The van der Waals surface area contributed by atoms with Crippen LogP contribution in [0.4, 0.5) is 0 Å². The summed E-state index contributed by atoms with van der Waals surface area (Å²) in [6, 6.07) is 25.9. The Morgan fingerprint density at radius 1 is 0.897 bits per heavy atom. The predicted octanol–water partition coefficient (Wildman–Crippen LogP) is 5.07. The van der Waals surface area contributed by atoms with Gasteiger partial charge in [-0.15, -0.1) is 0 Å². The summed E-state index contributed by atoms with van der Waals surface area (Å²) in [6.07, 6.45) is 1.01. The van der Waals surface area contributed by atoms with E-state index in [0.29, 0.717) is 32.7 Å². The molecule has 3 aromatic carbocycles. The Bertz CT molecular complexity index is 958. The van der Waals surface area contributed by atoms with Crippen LogP contribution in [0.1, 0.15) is 24.0 Å². The van der Waals surface area contributed by atoms with Crippen LogP contribution in [0.15, 0.2) is 78.9 Å². The molecule has 0 radical (unpaired) electrons. The monoisotopic (exact) mass is 388 g/mol. The first kappa shape index (κ1) is 19.2. The van der Waals surface area contributed by atoms with E-state index in [1.54, 1.807) is 0 Å². The van der Waals surface area contributed by atoms with Gasteiger partial charge in [0.15, 0.2) is 0 Å². The maximum absolute atomic E-state index is 12.0. The van der Waals surface area contributed by atoms with Gasteiger partial charge in [-0.1, -0.05) is 66.7 Å². The van der Waals surface area contributed by atoms with Gasteiger partial charge in [0, 0.05) is 13.2 Å². The van der Waals surface area contributed by atoms with Crippen molar-refractivity contribution in [1.29, 1.82) is 0 Å². The van der Waals surface area contributed by atoms with Crippen LogP contribution in [0.3, 0.4) is 0 Å². The second kappa shape index (κ2) is 8.50. The molecule has 0 atom stereocenters. The fraction of sp³-hybridized carbons (Fsp3) is 0.240. The maximum atomic E-state index is 12.0. The van der Waals surface area contributed by atoms with Crippen LogP contribution < -0.4 is 4.74 Å². The van der Waals surface area contributed by atoms with E-state index in [4.69, 9.17) is 9.47 Å². The molecule has 0 saturated carbocycles. The Hall–Kier alpha value is -3.11. The molecule has 4 rings (SSSR count). The molecule has 29 heavy (non-hydrogen) atoms. The van der Waals surface area contributed by atoms with Crippen LogP contribution in [0.25, 0.3) is 11.1 Å². The number of hydrogen-bond acceptors (Lipinski definition) is 3. The van der Waals surface area contributed by atoms with Gasteiger partial charge in [-0.25, -0.2) is 0 Å². The minimum Gasteiger partial charge on any atom is -0.489 e. The standard InChI is InChI=1S/C25H24O4/c26-24(27)25(13-15-28-16-14-25)22-11-9-20(10-12-22)21-7-4-8-23(17-21)29-18-19-5-2-1-3-6-19/h1-12,17H,13-16,18H2,(H,26,27).